The highest BCUT2D eigenvalue weighted by Crippen LogP contribution is 2.07. The van der Waals surface area contributed by atoms with Crippen LogP contribution in [0, 0.1) is 6.92 Å². The van der Waals surface area contributed by atoms with Gasteiger partial charge >= 0.3 is 0 Å². The Kier molecular flexibility index (Phi) is 5.19. The molecule has 0 atom stereocenters. The lowest BCUT2D eigenvalue weighted by Crippen LogP contribution is -2.16. The van der Waals surface area contributed by atoms with E-state index in [9.17, 15) is 0 Å². The summed E-state index contributed by atoms with van der Waals surface area (Å²) in [6, 6.07) is 2.03. The van der Waals surface area contributed by atoms with Crippen molar-refractivity contribution in [2.45, 2.75) is 26.7 Å². The Balaban J connectivity index is 2.44. The third-order valence-electron chi connectivity index (χ3n) is 2.34. The fourth-order valence-corrected chi connectivity index (χ4v) is 1.51. The lowest BCUT2D eigenvalue weighted by atomic mass is 10.3. The lowest BCUT2D eigenvalue weighted by Gasteiger charge is -2.11. The molecule has 1 N–H and O–H groups in total. The zero-order valence-corrected chi connectivity index (χ0v) is 10.7. The van der Waals surface area contributed by atoms with Crippen LogP contribution in [-0.4, -0.2) is 42.1 Å². The summed E-state index contributed by atoms with van der Waals surface area (Å²) >= 11 is 0. The molecule has 4 heteroatoms. The zero-order valence-electron chi connectivity index (χ0n) is 10.7. The van der Waals surface area contributed by atoms with Crippen molar-refractivity contribution in [3.63, 3.8) is 0 Å². The predicted octanol–water partition coefficient (Wildman–Crippen LogP) is 1.71. The van der Waals surface area contributed by atoms with Crippen molar-refractivity contribution >= 4 is 5.82 Å². The van der Waals surface area contributed by atoms with E-state index in [0.717, 1.165) is 43.3 Å². The molecule has 0 aromatic carbocycles. The molecule has 0 unspecified atom stereocenters. The van der Waals surface area contributed by atoms with Gasteiger partial charge in [-0.25, -0.2) is 9.97 Å². The normalized spacial score (nSPS) is 10.8. The highest BCUT2D eigenvalue weighted by molar-refractivity contribution is 5.35. The Morgan fingerprint density at radius 1 is 1.31 bits per heavy atom. The topological polar surface area (TPSA) is 41.0 Å². The van der Waals surface area contributed by atoms with Gasteiger partial charge in [0.2, 0.25) is 0 Å². The third-order valence-corrected chi connectivity index (χ3v) is 2.34. The van der Waals surface area contributed by atoms with Crippen LogP contribution in [0.3, 0.4) is 0 Å². The van der Waals surface area contributed by atoms with Crippen LogP contribution in [0.2, 0.25) is 0 Å². The summed E-state index contributed by atoms with van der Waals surface area (Å²) in [4.78, 5) is 10.9. The number of hydrogen-bond donors (Lipinski definition) is 1. The van der Waals surface area contributed by atoms with Crippen molar-refractivity contribution in [1.82, 2.24) is 14.9 Å². The van der Waals surface area contributed by atoms with Gasteiger partial charge in [-0.15, -0.1) is 0 Å². The van der Waals surface area contributed by atoms with Gasteiger partial charge in [0, 0.05) is 18.3 Å². The lowest BCUT2D eigenvalue weighted by molar-refractivity contribution is 0.405. The molecule has 90 valence electrons. The van der Waals surface area contributed by atoms with Crippen LogP contribution in [-0.2, 0) is 6.42 Å². The fraction of sp³-hybridized carbons (Fsp3) is 0.667. The van der Waals surface area contributed by atoms with Crippen LogP contribution in [0.1, 0.15) is 24.9 Å². The zero-order chi connectivity index (χ0) is 12.0. The van der Waals surface area contributed by atoms with Crippen LogP contribution >= 0.6 is 0 Å². The van der Waals surface area contributed by atoms with E-state index in [1.54, 1.807) is 0 Å². The maximum atomic E-state index is 4.36. The van der Waals surface area contributed by atoms with Crippen molar-refractivity contribution in [2.24, 2.45) is 0 Å². The number of aromatic nitrogens is 2. The van der Waals surface area contributed by atoms with Gasteiger partial charge in [0.1, 0.15) is 11.6 Å². The molecule has 0 saturated carbocycles. The summed E-state index contributed by atoms with van der Waals surface area (Å²) in [7, 11) is 4.17. The van der Waals surface area contributed by atoms with E-state index in [4.69, 9.17) is 0 Å². The predicted molar refractivity (Wildman–Crippen MR) is 67.8 cm³/mol. The third kappa shape index (κ3) is 4.57. The summed E-state index contributed by atoms with van der Waals surface area (Å²) in [5.74, 6) is 1.79. The van der Waals surface area contributed by atoms with Crippen LogP contribution in [0.25, 0.3) is 0 Å². The molecule has 0 saturated heterocycles. The van der Waals surface area contributed by atoms with E-state index in [1.165, 1.54) is 0 Å². The number of aryl methyl sites for hydroxylation is 2. The first-order valence-electron chi connectivity index (χ1n) is 5.85. The molecule has 0 aliphatic rings. The summed E-state index contributed by atoms with van der Waals surface area (Å²) in [5.41, 5.74) is 1.10. The van der Waals surface area contributed by atoms with Crippen molar-refractivity contribution < 1.29 is 0 Å². The Morgan fingerprint density at radius 2 is 2.06 bits per heavy atom. The van der Waals surface area contributed by atoms with Crippen LogP contribution in [0.4, 0.5) is 5.82 Å². The first-order valence-corrected chi connectivity index (χ1v) is 5.85. The molecule has 1 rings (SSSR count). The number of nitrogens with one attached hydrogen (secondary N) is 1. The molecule has 0 bridgehead atoms. The molecule has 0 fully saturated rings. The minimum atomic E-state index is 0.842. The van der Waals surface area contributed by atoms with E-state index in [1.807, 2.05) is 13.0 Å². The van der Waals surface area contributed by atoms with Crippen molar-refractivity contribution in [1.29, 1.82) is 0 Å². The second-order valence-corrected chi connectivity index (χ2v) is 4.23. The number of nitrogens with zero attached hydrogens (tertiary/aromatic N) is 3. The van der Waals surface area contributed by atoms with E-state index < -0.39 is 0 Å². The van der Waals surface area contributed by atoms with E-state index >= 15 is 0 Å². The summed E-state index contributed by atoms with van der Waals surface area (Å²) < 4.78 is 0. The highest BCUT2D eigenvalue weighted by Gasteiger charge is 1.99. The van der Waals surface area contributed by atoms with Crippen LogP contribution in [0.15, 0.2) is 6.07 Å². The van der Waals surface area contributed by atoms with E-state index in [2.05, 4.69) is 41.2 Å². The average Bonchev–Trinajstić information content (AvgIpc) is 2.23. The van der Waals surface area contributed by atoms with Crippen LogP contribution in [0.5, 0.6) is 0 Å². The Hall–Kier alpha value is -1.16. The SMILES string of the molecule is CCc1cc(NCCCN(C)C)nc(C)n1. The van der Waals surface area contributed by atoms with Gasteiger partial charge in [-0.1, -0.05) is 6.92 Å². The van der Waals surface area contributed by atoms with Gasteiger partial charge in [-0.05, 0) is 40.4 Å². The quantitative estimate of drug-likeness (QED) is 0.744. The average molecular weight is 222 g/mol. The smallest absolute Gasteiger partial charge is 0.129 e. The summed E-state index contributed by atoms with van der Waals surface area (Å²) in [6.45, 7) is 6.09. The molecule has 1 aromatic rings. The second kappa shape index (κ2) is 6.43. The van der Waals surface area contributed by atoms with Gasteiger partial charge in [-0.2, -0.15) is 0 Å². The Morgan fingerprint density at radius 3 is 2.69 bits per heavy atom. The van der Waals surface area contributed by atoms with Crippen molar-refractivity contribution in [2.75, 3.05) is 32.5 Å². The minimum Gasteiger partial charge on any atom is -0.370 e. The second-order valence-electron chi connectivity index (χ2n) is 4.23. The highest BCUT2D eigenvalue weighted by atomic mass is 15.1. The van der Waals surface area contributed by atoms with Gasteiger partial charge < -0.3 is 10.2 Å². The first kappa shape index (κ1) is 12.9. The molecular weight excluding hydrogens is 200 g/mol. The molecule has 0 aliphatic carbocycles. The standard InChI is InChI=1S/C12H22N4/c1-5-11-9-12(15-10(2)14-11)13-7-6-8-16(3)4/h9H,5-8H2,1-4H3,(H,13,14,15). The Bertz CT molecular complexity index is 323. The van der Waals surface area contributed by atoms with Crippen molar-refractivity contribution in [3.05, 3.63) is 17.6 Å². The first-order chi connectivity index (χ1) is 7.61. The van der Waals surface area contributed by atoms with Crippen LogP contribution < -0.4 is 5.32 Å². The number of hydrogen-bond acceptors (Lipinski definition) is 4. The van der Waals surface area contributed by atoms with Crippen molar-refractivity contribution in [3.8, 4) is 0 Å². The van der Waals surface area contributed by atoms with Gasteiger partial charge in [-0.3, -0.25) is 0 Å². The largest absolute Gasteiger partial charge is 0.370 e. The molecule has 0 radical (unpaired) electrons. The van der Waals surface area contributed by atoms with E-state index in [0.29, 0.717) is 0 Å². The molecule has 16 heavy (non-hydrogen) atoms. The maximum Gasteiger partial charge on any atom is 0.129 e. The molecule has 4 nitrogen and oxygen atoms in total. The molecular formula is C12H22N4. The van der Waals surface area contributed by atoms with Gasteiger partial charge in [0.05, 0.1) is 0 Å². The van der Waals surface area contributed by atoms with Gasteiger partial charge in [0.15, 0.2) is 0 Å². The minimum absolute atomic E-state index is 0.842. The molecule has 0 aliphatic heterocycles. The van der Waals surface area contributed by atoms with Gasteiger partial charge in [0.25, 0.3) is 0 Å². The van der Waals surface area contributed by atoms with E-state index in [-0.39, 0.29) is 0 Å². The Labute approximate surface area is 98.1 Å². The molecule has 1 aromatic heterocycles. The molecule has 0 spiro atoms. The fourth-order valence-electron chi connectivity index (χ4n) is 1.51. The summed E-state index contributed by atoms with van der Waals surface area (Å²) in [6.07, 6.45) is 2.08. The molecule has 1 heterocycles. The summed E-state index contributed by atoms with van der Waals surface area (Å²) in [5, 5.41) is 3.34. The monoisotopic (exact) mass is 222 g/mol. The maximum absolute atomic E-state index is 4.36. The molecule has 0 amide bonds. The number of anilines is 1. The number of rotatable bonds is 6.